The third-order valence-corrected chi connectivity index (χ3v) is 4.74. The fourth-order valence-electron chi connectivity index (χ4n) is 1.03. The molecule has 0 amide bonds. The zero-order valence-corrected chi connectivity index (χ0v) is 10.8. The van der Waals surface area contributed by atoms with Gasteiger partial charge in [0.25, 0.3) is 0 Å². The smallest absolute Gasteiger partial charge is 0.132 e. The van der Waals surface area contributed by atoms with Crippen LogP contribution in [0.2, 0.25) is 0 Å². The third kappa shape index (κ3) is 2.04. The highest BCUT2D eigenvalue weighted by Gasteiger charge is 2.08. The maximum Gasteiger partial charge on any atom is 0.132 e. The standard InChI is InChI=1S/C9H4Br2FNS/c10-7-8(11)14-9(13-7)5-2-1-3-6(12)4-5/h1-4H. The van der Waals surface area contributed by atoms with Crippen LogP contribution < -0.4 is 0 Å². The van der Waals surface area contributed by atoms with E-state index in [1.165, 1.54) is 23.5 Å². The summed E-state index contributed by atoms with van der Waals surface area (Å²) >= 11 is 8.11. The summed E-state index contributed by atoms with van der Waals surface area (Å²) in [7, 11) is 0. The molecule has 14 heavy (non-hydrogen) atoms. The minimum atomic E-state index is -0.245. The molecule has 1 heterocycles. The zero-order chi connectivity index (χ0) is 10.1. The molecule has 1 aromatic heterocycles. The van der Waals surface area contributed by atoms with E-state index in [4.69, 9.17) is 0 Å². The van der Waals surface area contributed by atoms with Gasteiger partial charge in [0.1, 0.15) is 19.2 Å². The van der Waals surface area contributed by atoms with Gasteiger partial charge in [-0.25, -0.2) is 9.37 Å². The summed E-state index contributed by atoms with van der Waals surface area (Å²) < 4.78 is 14.6. The molecule has 0 atom stereocenters. The average Bonchev–Trinajstić information content (AvgIpc) is 2.47. The molecule has 0 radical (unpaired) electrons. The summed E-state index contributed by atoms with van der Waals surface area (Å²) in [5, 5.41) is 0.795. The summed E-state index contributed by atoms with van der Waals surface area (Å²) in [6, 6.07) is 6.40. The third-order valence-electron chi connectivity index (χ3n) is 1.62. The molecule has 0 aliphatic heterocycles. The second kappa shape index (κ2) is 4.08. The van der Waals surface area contributed by atoms with Gasteiger partial charge in [-0.1, -0.05) is 12.1 Å². The van der Waals surface area contributed by atoms with E-state index in [1.807, 2.05) is 6.07 Å². The molecule has 2 rings (SSSR count). The molecule has 0 fully saturated rings. The van der Waals surface area contributed by atoms with Crippen LogP contribution in [0.15, 0.2) is 32.7 Å². The Hall–Kier alpha value is -0.260. The molecule has 1 nitrogen and oxygen atoms in total. The molecule has 0 N–H and O–H groups in total. The van der Waals surface area contributed by atoms with E-state index in [9.17, 15) is 4.39 Å². The summed E-state index contributed by atoms with van der Waals surface area (Å²) in [5.41, 5.74) is 0.793. The number of hydrogen-bond donors (Lipinski definition) is 0. The van der Waals surface area contributed by atoms with E-state index >= 15 is 0 Å². The highest BCUT2D eigenvalue weighted by molar-refractivity contribution is 9.13. The van der Waals surface area contributed by atoms with Crippen molar-refractivity contribution in [2.24, 2.45) is 0 Å². The molecule has 0 aliphatic carbocycles. The van der Waals surface area contributed by atoms with Gasteiger partial charge in [-0.05, 0) is 44.0 Å². The van der Waals surface area contributed by atoms with E-state index in [1.54, 1.807) is 6.07 Å². The van der Waals surface area contributed by atoms with E-state index in [2.05, 4.69) is 36.8 Å². The zero-order valence-electron chi connectivity index (χ0n) is 6.80. The van der Waals surface area contributed by atoms with Crippen molar-refractivity contribution in [1.29, 1.82) is 0 Å². The number of benzene rings is 1. The predicted octanol–water partition coefficient (Wildman–Crippen LogP) is 4.47. The highest BCUT2D eigenvalue weighted by atomic mass is 79.9. The Bertz CT molecular complexity index is 450. The van der Waals surface area contributed by atoms with Gasteiger partial charge in [0.15, 0.2) is 0 Å². The van der Waals surface area contributed by atoms with Crippen LogP contribution >= 0.6 is 43.2 Å². The number of aromatic nitrogens is 1. The average molecular weight is 337 g/mol. The molecule has 1 aromatic carbocycles. The Morgan fingerprint density at radius 2 is 2.07 bits per heavy atom. The van der Waals surface area contributed by atoms with Crippen LogP contribution in [0.4, 0.5) is 4.39 Å². The first-order chi connectivity index (χ1) is 6.66. The highest BCUT2D eigenvalue weighted by Crippen LogP contribution is 2.34. The molecule has 0 spiro atoms. The molecular weight excluding hydrogens is 333 g/mol. The lowest BCUT2D eigenvalue weighted by Gasteiger charge is -1.94. The molecular formula is C9H4Br2FNS. The lowest BCUT2D eigenvalue weighted by molar-refractivity contribution is 0.628. The van der Waals surface area contributed by atoms with Gasteiger partial charge >= 0.3 is 0 Å². The van der Waals surface area contributed by atoms with Gasteiger partial charge in [0.2, 0.25) is 0 Å². The lowest BCUT2D eigenvalue weighted by atomic mass is 10.2. The quantitative estimate of drug-likeness (QED) is 0.748. The second-order valence-corrected chi connectivity index (χ2v) is 5.66. The van der Waals surface area contributed by atoms with Gasteiger partial charge < -0.3 is 0 Å². The van der Waals surface area contributed by atoms with Crippen molar-refractivity contribution < 1.29 is 4.39 Å². The molecule has 5 heteroatoms. The van der Waals surface area contributed by atoms with Gasteiger partial charge in [-0.15, -0.1) is 11.3 Å². The van der Waals surface area contributed by atoms with Crippen LogP contribution in [-0.2, 0) is 0 Å². The Morgan fingerprint density at radius 1 is 1.29 bits per heavy atom. The maximum absolute atomic E-state index is 12.9. The number of thiazole rings is 1. The molecule has 0 saturated carbocycles. The minimum Gasteiger partial charge on any atom is -0.228 e. The topological polar surface area (TPSA) is 12.9 Å². The number of nitrogens with zero attached hydrogens (tertiary/aromatic N) is 1. The Labute approximate surface area is 101 Å². The van der Waals surface area contributed by atoms with Crippen LogP contribution in [0.25, 0.3) is 10.6 Å². The molecule has 0 saturated heterocycles. The SMILES string of the molecule is Fc1cccc(-c2nc(Br)c(Br)s2)c1. The van der Waals surface area contributed by atoms with E-state index in [-0.39, 0.29) is 5.82 Å². The predicted molar refractivity (Wildman–Crippen MR) is 62.9 cm³/mol. The van der Waals surface area contributed by atoms with E-state index < -0.39 is 0 Å². The monoisotopic (exact) mass is 335 g/mol. The Balaban J connectivity index is 2.49. The van der Waals surface area contributed by atoms with Gasteiger partial charge in [0, 0.05) is 5.56 Å². The largest absolute Gasteiger partial charge is 0.228 e. The van der Waals surface area contributed by atoms with Crippen LogP contribution in [0.3, 0.4) is 0 Å². The fraction of sp³-hybridized carbons (Fsp3) is 0. The summed E-state index contributed by atoms with van der Waals surface area (Å²) in [4.78, 5) is 4.24. The van der Waals surface area contributed by atoms with Crippen molar-refractivity contribution in [2.45, 2.75) is 0 Å². The number of rotatable bonds is 1. The molecule has 0 unspecified atom stereocenters. The summed E-state index contributed by atoms with van der Waals surface area (Å²) in [5.74, 6) is -0.245. The van der Waals surface area contributed by atoms with Crippen molar-refractivity contribution in [3.05, 3.63) is 38.5 Å². The van der Waals surface area contributed by atoms with Gasteiger partial charge in [-0.3, -0.25) is 0 Å². The maximum atomic E-state index is 12.9. The molecule has 72 valence electrons. The normalized spacial score (nSPS) is 10.5. The van der Waals surface area contributed by atoms with Crippen molar-refractivity contribution >= 4 is 43.2 Å². The van der Waals surface area contributed by atoms with E-state index in [0.717, 1.165) is 19.0 Å². The molecule has 2 aromatic rings. The van der Waals surface area contributed by atoms with Crippen molar-refractivity contribution in [3.8, 4) is 10.6 Å². The van der Waals surface area contributed by atoms with Crippen LogP contribution in [0.5, 0.6) is 0 Å². The van der Waals surface area contributed by atoms with E-state index in [0.29, 0.717) is 0 Å². The summed E-state index contributed by atoms with van der Waals surface area (Å²) in [6.45, 7) is 0. The Kier molecular flexibility index (Phi) is 2.99. The lowest BCUT2D eigenvalue weighted by Crippen LogP contribution is -1.77. The minimum absolute atomic E-state index is 0.245. The number of halogens is 3. The van der Waals surface area contributed by atoms with Gasteiger partial charge in [-0.2, -0.15) is 0 Å². The van der Waals surface area contributed by atoms with Crippen molar-refractivity contribution in [2.75, 3.05) is 0 Å². The summed E-state index contributed by atoms with van der Waals surface area (Å²) in [6.07, 6.45) is 0. The fourth-order valence-corrected chi connectivity index (χ4v) is 2.80. The first-order valence-electron chi connectivity index (χ1n) is 3.74. The first kappa shape index (κ1) is 10.3. The van der Waals surface area contributed by atoms with Crippen molar-refractivity contribution in [1.82, 2.24) is 4.98 Å². The van der Waals surface area contributed by atoms with Gasteiger partial charge in [0.05, 0.1) is 0 Å². The second-order valence-electron chi connectivity index (χ2n) is 2.59. The van der Waals surface area contributed by atoms with Crippen LogP contribution in [-0.4, -0.2) is 4.98 Å². The molecule has 0 aliphatic rings. The van der Waals surface area contributed by atoms with Crippen molar-refractivity contribution in [3.63, 3.8) is 0 Å². The Morgan fingerprint density at radius 3 is 2.64 bits per heavy atom. The van der Waals surface area contributed by atoms with Crippen LogP contribution in [0, 0.1) is 5.82 Å². The number of hydrogen-bond acceptors (Lipinski definition) is 2. The van der Waals surface area contributed by atoms with Crippen LogP contribution in [0.1, 0.15) is 0 Å². The first-order valence-corrected chi connectivity index (χ1v) is 6.15. The molecule has 0 bridgehead atoms.